The first-order valence-corrected chi connectivity index (χ1v) is 7.18. The quantitative estimate of drug-likeness (QED) is 0.793. The third-order valence-electron chi connectivity index (χ3n) is 4.81. The Labute approximate surface area is 111 Å². The molecule has 0 aliphatic heterocycles. The van der Waals surface area contributed by atoms with E-state index in [1.165, 1.54) is 12.8 Å². The average molecular weight is 255 g/mol. The molecule has 1 rings (SSSR count). The molecule has 1 unspecified atom stereocenters. The van der Waals surface area contributed by atoms with Gasteiger partial charge < -0.3 is 10.4 Å². The molecule has 0 heterocycles. The lowest BCUT2D eigenvalue weighted by Crippen LogP contribution is -2.49. The predicted octanol–water partition coefficient (Wildman–Crippen LogP) is 2.73. The third-order valence-corrected chi connectivity index (χ3v) is 4.81. The number of amides is 1. The van der Waals surface area contributed by atoms with Crippen LogP contribution in [0.4, 0.5) is 0 Å². The summed E-state index contributed by atoms with van der Waals surface area (Å²) in [6.07, 6.45) is 4.79. The molecule has 2 N–H and O–H groups in total. The summed E-state index contributed by atoms with van der Waals surface area (Å²) in [6.45, 7) is 10.1. The van der Waals surface area contributed by atoms with Crippen LogP contribution in [0.2, 0.25) is 0 Å². The second kappa shape index (κ2) is 5.60. The minimum absolute atomic E-state index is 0.0790. The van der Waals surface area contributed by atoms with Gasteiger partial charge in [0.2, 0.25) is 5.91 Å². The first-order valence-electron chi connectivity index (χ1n) is 7.18. The Balaban J connectivity index is 2.54. The molecule has 1 aliphatic rings. The Bertz CT molecular complexity index is 289. The number of nitrogens with one attached hydrogen (secondary N) is 1. The van der Waals surface area contributed by atoms with Crippen LogP contribution in [0.3, 0.4) is 0 Å². The molecule has 0 aromatic heterocycles. The summed E-state index contributed by atoms with van der Waals surface area (Å²) in [6, 6.07) is 0. The van der Waals surface area contributed by atoms with Crippen LogP contribution in [0.15, 0.2) is 0 Å². The third kappa shape index (κ3) is 3.47. The molecule has 3 heteroatoms. The molecular weight excluding hydrogens is 226 g/mol. The van der Waals surface area contributed by atoms with Crippen molar-refractivity contribution >= 4 is 5.91 Å². The predicted molar refractivity (Wildman–Crippen MR) is 74.2 cm³/mol. The number of rotatable bonds is 5. The maximum atomic E-state index is 12.3. The van der Waals surface area contributed by atoms with Gasteiger partial charge in [0, 0.05) is 12.0 Å². The zero-order valence-corrected chi connectivity index (χ0v) is 12.5. The molecule has 3 nitrogen and oxygen atoms in total. The van der Waals surface area contributed by atoms with Crippen molar-refractivity contribution in [2.24, 2.45) is 17.3 Å². The molecule has 18 heavy (non-hydrogen) atoms. The highest BCUT2D eigenvalue weighted by atomic mass is 16.3. The molecule has 0 spiro atoms. The molecule has 0 saturated heterocycles. The molecule has 1 amide bonds. The van der Waals surface area contributed by atoms with Crippen molar-refractivity contribution < 1.29 is 9.90 Å². The van der Waals surface area contributed by atoms with Crippen LogP contribution in [0.5, 0.6) is 0 Å². The molecule has 1 saturated carbocycles. The number of hydrogen-bond donors (Lipinski definition) is 2. The molecular formula is C15H29NO2. The summed E-state index contributed by atoms with van der Waals surface area (Å²) < 4.78 is 0. The van der Waals surface area contributed by atoms with Gasteiger partial charge >= 0.3 is 0 Å². The lowest BCUT2D eigenvalue weighted by Gasteiger charge is -2.33. The van der Waals surface area contributed by atoms with E-state index in [2.05, 4.69) is 5.32 Å². The lowest BCUT2D eigenvalue weighted by atomic mass is 9.77. The highest BCUT2D eigenvalue weighted by Crippen LogP contribution is 2.39. The molecule has 0 bridgehead atoms. The smallest absolute Gasteiger partial charge is 0.226 e. The van der Waals surface area contributed by atoms with Gasteiger partial charge in [-0.2, -0.15) is 0 Å². The summed E-state index contributed by atoms with van der Waals surface area (Å²) in [7, 11) is 0. The van der Waals surface area contributed by atoms with Crippen molar-refractivity contribution in [1.82, 2.24) is 5.32 Å². The fourth-order valence-corrected chi connectivity index (χ4v) is 2.52. The number of carbonyl (C=O) groups excluding carboxylic acids is 1. The van der Waals surface area contributed by atoms with E-state index in [9.17, 15) is 9.90 Å². The number of hydrogen-bond acceptors (Lipinski definition) is 2. The van der Waals surface area contributed by atoms with Crippen molar-refractivity contribution in [2.45, 2.75) is 65.9 Å². The Hall–Kier alpha value is -0.570. The largest absolute Gasteiger partial charge is 0.388 e. The van der Waals surface area contributed by atoms with Crippen LogP contribution in [-0.2, 0) is 4.79 Å². The average Bonchev–Trinajstić information content (AvgIpc) is 2.79. The molecule has 1 atom stereocenters. The molecule has 1 aliphatic carbocycles. The fraction of sp³-hybridized carbons (Fsp3) is 0.933. The molecule has 0 radical (unpaired) electrons. The normalized spacial score (nSPS) is 21.1. The van der Waals surface area contributed by atoms with Crippen LogP contribution < -0.4 is 5.32 Å². The molecule has 106 valence electrons. The lowest BCUT2D eigenvalue weighted by molar-refractivity contribution is -0.133. The number of aliphatic hydroxyl groups is 1. The van der Waals surface area contributed by atoms with Crippen molar-refractivity contribution in [1.29, 1.82) is 0 Å². The zero-order chi connectivity index (χ0) is 14.0. The van der Waals surface area contributed by atoms with E-state index >= 15 is 0 Å². The van der Waals surface area contributed by atoms with Gasteiger partial charge in [0.05, 0.1) is 5.60 Å². The van der Waals surface area contributed by atoms with Gasteiger partial charge in [-0.25, -0.2) is 0 Å². The van der Waals surface area contributed by atoms with Crippen molar-refractivity contribution in [3.63, 3.8) is 0 Å². The van der Waals surface area contributed by atoms with Gasteiger partial charge in [0.15, 0.2) is 0 Å². The van der Waals surface area contributed by atoms with Crippen molar-refractivity contribution in [2.75, 3.05) is 6.54 Å². The van der Waals surface area contributed by atoms with Gasteiger partial charge in [-0.3, -0.25) is 4.79 Å². The molecule has 1 fully saturated rings. The molecule has 0 aromatic rings. The van der Waals surface area contributed by atoms with Crippen LogP contribution in [0, 0.1) is 17.3 Å². The maximum Gasteiger partial charge on any atom is 0.226 e. The maximum absolute atomic E-state index is 12.3. The van der Waals surface area contributed by atoms with Crippen LogP contribution in [0.25, 0.3) is 0 Å². The topological polar surface area (TPSA) is 49.3 Å². The Morgan fingerprint density at radius 1 is 1.28 bits per heavy atom. The Morgan fingerprint density at radius 2 is 1.78 bits per heavy atom. The zero-order valence-electron chi connectivity index (χ0n) is 12.5. The van der Waals surface area contributed by atoms with E-state index in [1.807, 2.05) is 27.7 Å². The fourth-order valence-electron chi connectivity index (χ4n) is 2.52. The van der Waals surface area contributed by atoms with Crippen LogP contribution in [-0.4, -0.2) is 23.2 Å². The van der Waals surface area contributed by atoms with E-state index in [0.29, 0.717) is 12.5 Å². The summed E-state index contributed by atoms with van der Waals surface area (Å²) >= 11 is 0. The summed E-state index contributed by atoms with van der Waals surface area (Å²) in [5.41, 5.74) is -1.15. The summed E-state index contributed by atoms with van der Waals surface area (Å²) in [5.74, 6) is 0.698. The van der Waals surface area contributed by atoms with E-state index in [1.54, 1.807) is 6.92 Å². The van der Waals surface area contributed by atoms with Gasteiger partial charge in [0.1, 0.15) is 0 Å². The first-order chi connectivity index (χ1) is 8.18. The van der Waals surface area contributed by atoms with Crippen molar-refractivity contribution in [3.8, 4) is 0 Å². The van der Waals surface area contributed by atoms with E-state index in [-0.39, 0.29) is 17.2 Å². The standard InChI is InChI=1S/C15H29NO2/c1-11(2)15(5,18)10-16-13(17)14(3,4)12-8-6-7-9-12/h11-12,18H,6-10H2,1-5H3,(H,16,17). The second-order valence-electron chi connectivity index (χ2n) is 6.90. The van der Waals surface area contributed by atoms with Crippen LogP contribution >= 0.6 is 0 Å². The summed E-state index contributed by atoms with van der Waals surface area (Å²) in [5, 5.41) is 13.1. The Kier molecular flexibility index (Phi) is 4.82. The van der Waals surface area contributed by atoms with Gasteiger partial charge in [-0.1, -0.05) is 40.5 Å². The Morgan fingerprint density at radius 3 is 2.22 bits per heavy atom. The second-order valence-corrected chi connectivity index (χ2v) is 6.90. The minimum Gasteiger partial charge on any atom is -0.388 e. The van der Waals surface area contributed by atoms with E-state index in [0.717, 1.165) is 12.8 Å². The van der Waals surface area contributed by atoms with Gasteiger partial charge in [-0.05, 0) is 31.6 Å². The SMILES string of the molecule is CC(C)C(C)(O)CNC(=O)C(C)(C)C1CCCC1. The monoisotopic (exact) mass is 255 g/mol. The van der Waals surface area contributed by atoms with Gasteiger partial charge in [-0.15, -0.1) is 0 Å². The van der Waals surface area contributed by atoms with Gasteiger partial charge in [0.25, 0.3) is 0 Å². The minimum atomic E-state index is -0.832. The van der Waals surface area contributed by atoms with E-state index in [4.69, 9.17) is 0 Å². The van der Waals surface area contributed by atoms with E-state index < -0.39 is 5.60 Å². The highest BCUT2D eigenvalue weighted by Gasteiger charge is 2.38. The number of carbonyl (C=O) groups is 1. The van der Waals surface area contributed by atoms with Crippen molar-refractivity contribution in [3.05, 3.63) is 0 Å². The first kappa shape index (κ1) is 15.5. The molecule has 0 aromatic carbocycles. The van der Waals surface area contributed by atoms with Crippen LogP contribution in [0.1, 0.15) is 60.3 Å². The summed E-state index contributed by atoms with van der Waals surface area (Å²) in [4.78, 5) is 12.3. The highest BCUT2D eigenvalue weighted by molar-refractivity contribution is 5.82.